The van der Waals surface area contributed by atoms with Crippen LogP contribution in [0.4, 0.5) is 5.69 Å². The summed E-state index contributed by atoms with van der Waals surface area (Å²) in [4.78, 5) is 11.9. The molecule has 2 N–H and O–H groups in total. The van der Waals surface area contributed by atoms with Crippen molar-refractivity contribution in [2.45, 2.75) is 6.42 Å². The van der Waals surface area contributed by atoms with Gasteiger partial charge in [-0.3, -0.25) is 4.79 Å². The number of hydrogen-bond donors (Lipinski definition) is 2. The number of benzene rings is 2. The highest BCUT2D eigenvalue weighted by Gasteiger charge is 2.05. The minimum absolute atomic E-state index is 0.122. The van der Waals surface area contributed by atoms with Gasteiger partial charge in [-0.2, -0.15) is 0 Å². The maximum absolute atomic E-state index is 11.9. The zero-order valence-electron chi connectivity index (χ0n) is 10.3. The lowest BCUT2D eigenvalue weighted by Gasteiger charge is -2.06. The molecule has 0 aliphatic carbocycles. The van der Waals surface area contributed by atoms with Crippen LogP contribution in [-0.4, -0.2) is 17.6 Å². The van der Waals surface area contributed by atoms with E-state index in [4.69, 9.17) is 16.7 Å². The van der Waals surface area contributed by atoms with Crippen molar-refractivity contribution in [2.75, 3.05) is 11.9 Å². The third-order valence-electron chi connectivity index (χ3n) is 2.72. The van der Waals surface area contributed by atoms with E-state index in [1.807, 2.05) is 24.3 Å². The van der Waals surface area contributed by atoms with Gasteiger partial charge in [-0.1, -0.05) is 23.7 Å². The molecule has 0 unspecified atom stereocenters. The van der Waals surface area contributed by atoms with Gasteiger partial charge in [0.05, 0.1) is 0 Å². The van der Waals surface area contributed by atoms with E-state index in [2.05, 4.69) is 5.32 Å². The lowest BCUT2D eigenvalue weighted by molar-refractivity contribution is 0.102. The zero-order chi connectivity index (χ0) is 13.7. The molecule has 0 aromatic heterocycles. The Morgan fingerprint density at radius 3 is 2.26 bits per heavy atom. The van der Waals surface area contributed by atoms with Crippen molar-refractivity contribution in [3.05, 3.63) is 64.7 Å². The molecule has 0 radical (unpaired) electrons. The average molecular weight is 276 g/mol. The maximum Gasteiger partial charge on any atom is 0.255 e. The molecule has 2 aromatic carbocycles. The molecule has 0 spiro atoms. The Morgan fingerprint density at radius 1 is 1.05 bits per heavy atom. The van der Waals surface area contributed by atoms with E-state index in [1.54, 1.807) is 24.3 Å². The number of rotatable bonds is 4. The summed E-state index contributed by atoms with van der Waals surface area (Å²) in [6.07, 6.45) is 0.616. The van der Waals surface area contributed by atoms with Crippen LogP contribution in [0.3, 0.4) is 0 Å². The highest BCUT2D eigenvalue weighted by Crippen LogP contribution is 2.13. The number of aliphatic hydroxyl groups is 1. The molecule has 1 amide bonds. The lowest BCUT2D eigenvalue weighted by atomic mass is 10.1. The summed E-state index contributed by atoms with van der Waals surface area (Å²) in [5.41, 5.74) is 2.32. The largest absolute Gasteiger partial charge is 0.396 e. The number of hydrogen-bond acceptors (Lipinski definition) is 2. The number of nitrogens with one attached hydrogen (secondary N) is 1. The molecule has 2 aromatic rings. The molecule has 0 fully saturated rings. The fourth-order valence-electron chi connectivity index (χ4n) is 1.69. The highest BCUT2D eigenvalue weighted by atomic mass is 35.5. The Bertz CT molecular complexity index is 549. The van der Waals surface area contributed by atoms with Crippen LogP contribution in [0.25, 0.3) is 0 Å². The van der Waals surface area contributed by atoms with Crippen LogP contribution in [0.2, 0.25) is 5.02 Å². The quantitative estimate of drug-likeness (QED) is 0.901. The normalized spacial score (nSPS) is 10.2. The van der Waals surface area contributed by atoms with Crippen molar-refractivity contribution in [1.82, 2.24) is 0 Å². The fraction of sp³-hybridized carbons (Fsp3) is 0.133. The number of anilines is 1. The van der Waals surface area contributed by atoms with Crippen molar-refractivity contribution < 1.29 is 9.90 Å². The summed E-state index contributed by atoms with van der Waals surface area (Å²) in [5.74, 6) is -0.174. The second kappa shape index (κ2) is 6.36. The minimum atomic E-state index is -0.174. The summed E-state index contributed by atoms with van der Waals surface area (Å²) < 4.78 is 0. The molecule has 19 heavy (non-hydrogen) atoms. The Labute approximate surface area is 116 Å². The van der Waals surface area contributed by atoms with Crippen LogP contribution < -0.4 is 5.32 Å². The lowest BCUT2D eigenvalue weighted by Crippen LogP contribution is -2.11. The van der Waals surface area contributed by atoms with E-state index in [1.165, 1.54) is 0 Å². The van der Waals surface area contributed by atoms with Crippen LogP contribution >= 0.6 is 11.6 Å². The van der Waals surface area contributed by atoms with Crippen molar-refractivity contribution in [2.24, 2.45) is 0 Å². The van der Waals surface area contributed by atoms with Crippen LogP contribution in [0.15, 0.2) is 48.5 Å². The standard InChI is InChI=1S/C15H14ClNO2/c16-13-5-3-12(4-6-13)15(19)17-14-7-1-11(2-8-14)9-10-18/h1-8,18H,9-10H2,(H,17,19). The van der Waals surface area contributed by atoms with Crippen LogP contribution in [0.5, 0.6) is 0 Å². The predicted octanol–water partition coefficient (Wildman–Crippen LogP) is 3.13. The molecule has 4 heteroatoms. The van der Waals surface area contributed by atoms with Crippen molar-refractivity contribution in [3.8, 4) is 0 Å². The predicted molar refractivity (Wildman–Crippen MR) is 76.6 cm³/mol. The molecule has 98 valence electrons. The molecule has 2 rings (SSSR count). The fourth-order valence-corrected chi connectivity index (χ4v) is 1.81. The van der Waals surface area contributed by atoms with E-state index >= 15 is 0 Å². The number of carbonyl (C=O) groups excluding carboxylic acids is 1. The first-order valence-electron chi connectivity index (χ1n) is 5.96. The Hall–Kier alpha value is -1.84. The van der Waals surface area contributed by atoms with Gasteiger partial charge in [0.1, 0.15) is 0 Å². The topological polar surface area (TPSA) is 49.3 Å². The molecule has 0 saturated carbocycles. The van der Waals surface area contributed by atoms with Gasteiger partial charge in [0, 0.05) is 22.9 Å². The monoisotopic (exact) mass is 275 g/mol. The molecule has 0 atom stereocenters. The van der Waals surface area contributed by atoms with E-state index in [0.717, 1.165) is 11.3 Å². The zero-order valence-corrected chi connectivity index (χ0v) is 11.0. The molecule has 0 heterocycles. The van der Waals surface area contributed by atoms with Crippen LogP contribution in [0, 0.1) is 0 Å². The molecule has 0 bridgehead atoms. The van der Waals surface area contributed by atoms with Gasteiger partial charge in [0.2, 0.25) is 0 Å². The summed E-state index contributed by atoms with van der Waals surface area (Å²) in [5, 5.41) is 12.2. The summed E-state index contributed by atoms with van der Waals surface area (Å²) >= 11 is 5.77. The second-order valence-electron chi connectivity index (χ2n) is 4.13. The molecular weight excluding hydrogens is 262 g/mol. The van der Waals surface area contributed by atoms with Crippen molar-refractivity contribution >= 4 is 23.2 Å². The number of halogens is 1. The second-order valence-corrected chi connectivity index (χ2v) is 4.57. The first-order chi connectivity index (χ1) is 9.19. The number of carbonyl (C=O) groups is 1. The molecular formula is C15H14ClNO2. The van der Waals surface area contributed by atoms with Gasteiger partial charge >= 0.3 is 0 Å². The minimum Gasteiger partial charge on any atom is -0.396 e. The summed E-state index contributed by atoms with van der Waals surface area (Å²) in [7, 11) is 0. The van der Waals surface area contributed by atoms with Crippen LogP contribution in [0.1, 0.15) is 15.9 Å². The third kappa shape index (κ3) is 3.81. The van der Waals surface area contributed by atoms with E-state index in [9.17, 15) is 4.79 Å². The third-order valence-corrected chi connectivity index (χ3v) is 2.97. The van der Waals surface area contributed by atoms with Crippen LogP contribution in [-0.2, 0) is 6.42 Å². The highest BCUT2D eigenvalue weighted by molar-refractivity contribution is 6.30. The molecule has 0 aliphatic rings. The Kier molecular flexibility index (Phi) is 4.55. The molecule has 0 saturated heterocycles. The Balaban J connectivity index is 2.04. The van der Waals surface area contributed by atoms with Crippen molar-refractivity contribution in [1.29, 1.82) is 0 Å². The maximum atomic E-state index is 11.9. The first kappa shape index (κ1) is 13.6. The Morgan fingerprint density at radius 2 is 1.68 bits per heavy atom. The average Bonchev–Trinajstić information content (AvgIpc) is 2.42. The van der Waals surface area contributed by atoms with E-state index < -0.39 is 0 Å². The number of amides is 1. The van der Waals surface area contributed by atoms with Gasteiger partial charge in [-0.15, -0.1) is 0 Å². The van der Waals surface area contributed by atoms with Gasteiger partial charge < -0.3 is 10.4 Å². The van der Waals surface area contributed by atoms with Gasteiger partial charge in [-0.05, 0) is 48.4 Å². The smallest absolute Gasteiger partial charge is 0.255 e. The molecule has 0 aliphatic heterocycles. The van der Waals surface area contributed by atoms with Gasteiger partial charge in [0.25, 0.3) is 5.91 Å². The summed E-state index contributed by atoms with van der Waals surface area (Å²) in [6, 6.07) is 14.1. The van der Waals surface area contributed by atoms with Gasteiger partial charge in [-0.25, -0.2) is 0 Å². The SMILES string of the molecule is O=C(Nc1ccc(CCO)cc1)c1ccc(Cl)cc1. The number of aliphatic hydroxyl groups excluding tert-OH is 1. The first-order valence-corrected chi connectivity index (χ1v) is 6.33. The van der Waals surface area contributed by atoms with Gasteiger partial charge in [0.15, 0.2) is 0 Å². The van der Waals surface area contributed by atoms with E-state index in [-0.39, 0.29) is 12.5 Å². The molecule has 3 nitrogen and oxygen atoms in total. The van der Waals surface area contributed by atoms with E-state index in [0.29, 0.717) is 17.0 Å². The summed E-state index contributed by atoms with van der Waals surface area (Å²) in [6.45, 7) is 0.122. The van der Waals surface area contributed by atoms with Crippen molar-refractivity contribution in [3.63, 3.8) is 0 Å².